The number of halogens is 2. The minimum Gasteiger partial charge on any atom is -0.465 e. The van der Waals surface area contributed by atoms with E-state index in [9.17, 15) is 13.6 Å². The van der Waals surface area contributed by atoms with Crippen LogP contribution < -0.4 is 16.2 Å². The number of methoxy groups -OCH3 is 1. The fourth-order valence-corrected chi connectivity index (χ4v) is 1.17. The number of alkyl halides is 2. The summed E-state index contributed by atoms with van der Waals surface area (Å²) in [6.07, 6.45) is 0. The molecule has 5 nitrogen and oxygen atoms in total. The van der Waals surface area contributed by atoms with E-state index in [1.54, 1.807) is 0 Å². The number of hydrogen-bond donors (Lipinski definition) is 2. The average Bonchev–Trinajstić information content (AvgIpc) is 2.14. The summed E-state index contributed by atoms with van der Waals surface area (Å²) in [5.41, 5.74) is 10.6. The lowest BCUT2D eigenvalue weighted by molar-refractivity contribution is -0.0503. The summed E-state index contributed by atoms with van der Waals surface area (Å²) in [7, 11) is 1.10. The normalized spacial score (nSPS) is 10.2. The number of anilines is 2. The van der Waals surface area contributed by atoms with Gasteiger partial charge in [0.2, 0.25) is 0 Å². The second-order valence-corrected chi connectivity index (χ2v) is 2.85. The maximum atomic E-state index is 12.1. The molecule has 0 unspecified atom stereocenters. The number of benzene rings is 1. The molecule has 4 N–H and O–H groups in total. The van der Waals surface area contributed by atoms with Crippen molar-refractivity contribution in [3.63, 3.8) is 0 Å². The molecule has 0 atom stereocenters. The Morgan fingerprint density at radius 1 is 1.38 bits per heavy atom. The van der Waals surface area contributed by atoms with Crippen molar-refractivity contribution in [1.82, 2.24) is 0 Å². The van der Waals surface area contributed by atoms with Crippen molar-refractivity contribution in [3.8, 4) is 5.75 Å². The Balaban J connectivity index is 3.26. The first kappa shape index (κ1) is 12.0. The fourth-order valence-electron chi connectivity index (χ4n) is 1.17. The van der Waals surface area contributed by atoms with Gasteiger partial charge in [-0.1, -0.05) is 0 Å². The van der Waals surface area contributed by atoms with Gasteiger partial charge in [0, 0.05) is 11.8 Å². The Bertz CT molecular complexity index is 410. The van der Waals surface area contributed by atoms with Gasteiger partial charge in [-0.25, -0.2) is 4.79 Å². The van der Waals surface area contributed by atoms with Gasteiger partial charge in [-0.2, -0.15) is 8.78 Å². The zero-order valence-corrected chi connectivity index (χ0v) is 8.37. The molecule has 0 saturated carbocycles. The zero-order chi connectivity index (χ0) is 12.3. The van der Waals surface area contributed by atoms with Crippen molar-refractivity contribution in [3.05, 3.63) is 17.7 Å². The minimum atomic E-state index is -3.08. The number of ether oxygens (including phenoxy) is 2. The van der Waals surface area contributed by atoms with Gasteiger partial charge in [0.15, 0.2) is 0 Å². The molecule has 0 fully saturated rings. The Hall–Kier alpha value is -2.05. The number of hydrogen-bond acceptors (Lipinski definition) is 5. The molecule has 1 aromatic rings. The summed E-state index contributed by atoms with van der Waals surface area (Å²) < 4.78 is 32.7. The summed E-state index contributed by atoms with van der Waals surface area (Å²) in [6.45, 7) is -3.08. The van der Waals surface area contributed by atoms with Gasteiger partial charge in [0.1, 0.15) is 11.3 Å². The summed E-state index contributed by atoms with van der Waals surface area (Å²) in [6, 6.07) is 2.33. The maximum absolute atomic E-state index is 12.1. The van der Waals surface area contributed by atoms with E-state index in [4.69, 9.17) is 11.5 Å². The van der Waals surface area contributed by atoms with E-state index < -0.39 is 18.3 Å². The van der Waals surface area contributed by atoms with E-state index in [-0.39, 0.29) is 16.9 Å². The summed E-state index contributed by atoms with van der Waals surface area (Å²) in [4.78, 5) is 11.3. The molecule has 0 aliphatic heterocycles. The monoisotopic (exact) mass is 232 g/mol. The zero-order valence-electron chi connectivity index (χ0n) is 8.37. The van der Waals surface area contributed by atoms with Gasteiger partial charge in [0.05, 0.1) is 12.8 Å². The standard InChI is InChI=1S/C9H10F2N2O3/c1-15-8(14)7-5(13)2-4(12)3-6(7)16-9(10)11/h2-3,9H,12-13H2,1H3. The van der Waals surface area contributed by atoms with Crippen LogP contribution in [-0.4, -0.2) is 19.7 Å². The molecule has 0 spiro atoms. The molecule has 1 aromatic carbocycles. The largest absolute Gasteiger partial charge is 0.465 e. The van der Waals surface area contributed by atoms with Crippen molar-refractivity contribution >= 4 is 17.3 Å². The van der Waals surface area contributed by atoms with Crippen LogP contribution in [0.4, 0.5) is 20.2 Å². The van der Waals surface area contributed by atoms with E-state index in [0.717, 1.165) is 13.2 Å². The quantitative estimate of drug-likeness (QED) is 0.604. The molecule has 7 heteroatoms. The number of rotatable bonds is 3. The Morgan fingerprint density at radius 2 is 2.00 bits per heavy atom. The highest BCUT2D eigenvalue weighted by Gasteiger charge is 2.20. The highest BCUT2D eigenvalue weighted by Crippen LogP contribution is 2.29. The molecule has 0 saturated heterocycles. The topological polar surface area (TPSA) is 87.6 Å². The lowest BCUT2D eigenvalue weighted by atomic mass is 10.1. The van der Waals surface area contributed by atoms with Crippen LogP contribution in [0.15, 0.2) is 12.1 Å². The van der Waals surface area contributed by atoms with Crippen molar-refractivity contribution in [2.45, 2.75) is 6.61 Å². The third kappa shape index (κ3) is 2.50. The number of nitrogen functional groups attached to an aromatic ring is 2. The summed E-state index contributed by atoms with van der Waals surface area (Å²) in [5.74, 6) is -1.27. The van der Waals surface area contributed by atoms with E-state index in [2.05, 4.69) is 9.47 Å². The second-order valence-electron chi connectivity index (χ2n) is 2.85. The van der Waals surface area contributed by atoms with E-state index in [1.807, 2.05) is 0 Å². The van der Waals surface area contributed by atoms with Crippen molar-refractivity contribution in [1.29, 1.82) is 0 Å². The lowest BCUT2D eigenvalue weighted by Crippen LogP contribution is -2.12. The Kier molecular flexibility index (Phi) is 3.49. The van der Waals surface area contributed by atoms with Crippen molar-refractivity contribution in [2.24, 2.45) is 0 Å². The van der Waals surface area contributed by atoms with Crippen LogP contribution >= 0.6 is 0 Å². The average molecular weight is 232 g/mol. The van der Waals surface area contributed by atoms with Crippen LogP contribution in [0.2, 0.25) is 0 Å². The Labute approximate surface area is 89.9 Å². The number of carbonyl (C=O) groups is 1. The molecule has 88 valence electrons. The SMILES string of the molecule is COC(=O)c1c(N)cc(N)cc1OC(F)F. The van der Waals surface area contributed by atoms with Crippen molar-refractivity contribution < 1.29 is 23.0 Å². The first-order valence-corrected chi connectivity index (χ1v) is 4.17. The summed E-state index contributed by atoms with van der Waals surface area (Å²) >= 11 is 0. The predicted molar refractivity (Wildman–Crippen MR) is 53.2 cm³/mol. The van der Waals surface area contributed by atoms with Crippen LogP contribution in [0.25, 0.3) is 0 Å². The fraction of sp³-hybridized carbons (Fsp3) is 0.222. The molecule has 0 heterocycles. The predicted octanol–water partition coefficient (Wildman–Crippen LogP) is 1.24. The highest BCUT2D eigenvalue weighted by atomic mass is 19.3. The lowest BCUT2D eigenvalue weighted by Gasteiger charge is -2.12. The van der Waals surface area contributed by atoms with Crippen molar-refractivity contribution in [2.75, 3.05) is 18.6 Å². The molecule has 0 aliphatic rings. The van der Waals surface area contributed by atoms with Crippen LogP contribution in [-0.2, 0) is 4.74 Å². The van der Waals surface area contributed by atoms with Gasteiger partial charge in [0.25, 0.3) is 0 Å². The minimum absolute atomic E-state index is 0.0810. The molecular formula is C9H10F2N2O3. The number of nitrogens with two attached hydrogens (primary N) is 2. The van der Waals surface area contributed by atoms with E-state index in [1.165, 1.54) is 6.07 Å². The molecule has 0 aliphatic carbocycles. The first-order chi connectivity index (χ1) is 7.45. The molecule has 1 rings (SSSR count). The second kappa shape index (κ2) is 4.65. The van der Waals surface area contributed by atoms with Gasteiger partial charge >= 0.3 is 12.6 Å². The molecule has 0 aromatic heterocycles. The Morgan fingerprint density at radius 3 is 2.50 bits per heavy atom. The highest BCUT2D eigenvalue weighted by molar-refractivity contribution is 5.99. The molecule has 0 bridgehead atoms. The molecule has 0 radical (unpaired) electrons. The van der Waals surface area contributed by atoms with Crippen LogP contribution in [0.1, 0.15) is 10.4 Å². The molecule has 16 heavy (non-hydrogen) atoms. The van der Waals surface area contributed by atoms with Gasteiger partial charge in [-0.15, -0.1) is 0 Å². The van der Waals surface area contributed by atoms with Gasteiger partial charge in [-0.3, -0.25) is 0 Å². The van der Waals surface area contributed by atoms with E-state index in [0.29, 0.717) is 0 Å². The number of esters is 1. The van der Waals surface area contributed by atoms with Crippen LogP contribution in [0.3, 0.4) is 0 Å². The smallest absolute Gasteiger partial charge is 0.387 e. The van der Waals surface area contributed by atoms with Crippen LogP contribution in [0.5, 0.6) is 5.75 Å². The van der Waals surface area contributed by atoms with E-state index >= 15 is 0 Å². The third-order valence-electron chi connectivity index (χ3n) is 1.76. The van der Waals surface area contributed by atoms with Crippen LogP contribution in [0, 0.1) is 0 Å². The number of carbonyl (C=O) groups excluding carboxylic acids is 1. The molecule has 0 amide bonds. The van der Waals surface area contributed by atoms with Gasteiger partial charge < -0.3 is 20.9 Å². The summed E-state index contributed by atoms with van der Waals surface area (Å²) in [5, 5.41) is 0. The van der Waals surface area contributed by atoms with Gasteiger partial charge in [-0.05, 0) is 6.07 Å². The molecular weight excluding hydrogens is 222 g/mol. The maximum Gasteiger partial charge on any atom is 0.387 e. The third-order valence-corrected chi connectivity index (χ3v) is 1.76. The first-order valence-electron chi connectivity index (χ1n) is 4.17.